The Kier molecular flexibility index (Phi) is 7.33. The molecule has 0 heterocycles. The average molecular weight is 676 g/mol. The van der Waals surface area contributed by atoms with E-state index in [-0.39, 0.29) is 0 Å². The number of hydrogen-bond acceptors (Lipinski definition) is 1. The molecule has 1 heteroatoms. The summed E-state index contributed by atoms with van der Waals surface area (Å²) in [5.74, 6) is 0. The molecule has 0 unspecified atom stereocenters. The number of hydrogen-bond donors (Lipinski definition) is 0. The maximum Gasteiger partial charge on any atom is 0.0713 e. The monoisotopic (exact) mass is 675 g/mol. The lowest BCUT2D eigenvalue weighted by Gasteiger charge is -2.34. The molecule has 1 aliphatic rings. The maximum absolute atomic E-state index is 2.41. The fourth-order valence-corrected chi connectivity index (χ4v) is 8.73. The molecule has 0 amide bonds. The Labute approximate surface area is 311 Å². The summed E-state index contributed by atoms with van der Waals surface area (Å²) in [6.45, 7) is 2.15. The number of rotatable bonds is 6. The minimum Gasteiger partial charge on any atom is -0.310 e. The number of aryl methyl sites for hydroxylation is 1. The van der Waals surface area contributed by atoms with Gasteiger partial charge < -0.3 is 4.90 Å². The van der Waals surface area contributed by atoms with E-state index < -0.39 is 5.41 Å². The third kappa shape index (κ3) is 5.00. The Morgan fingerprint density at radius 3 is 1.72 bits per heavy atom. The summed E-state index contributed by atoms with van der Waals surface area (Å²) in [4.78, 5) is 2.41. The Bertz CT molecular complexity index is 2740. The normalized spacial score (nSPS) is 12.8. The molecule has 9 aromatic carbocycles. The molecule has 0 spiro atoms. The minimum absolute atomic E-state index is 0.424. The van der Waals surface area contributed by atoms with Crippen molar-refractivity contribution in [3.05, 3.63) is 234 Å². The van der Waals surface area contributed by atoms with Crippen molar-refractivity contribution in [1.29, 1.82) is 0 Å². The van der Waals surface area contributed by atoms with Crippen LogP contribution in [0.15, 0.2) is 206 Å². The van der Waals surface area contributed by atoms with Crippen LogP contribution in [0.2, 0.25) is 0 Å². The summed E-state index contributed by atoms with van der Waals surface area (Å²) < 4.78 is 0. The SMILES string of the molecule is Cc1ccc(N(c2ccc3c(c2)-c2ccccc2C3(c2ccccc2)c2ccccc2)c2ccc3cc(-c4cccc5ccccc45)ccc3c2)cc1. The Balaban J connectivity index is 1.14. The van der Waals surface area contributed by atoms with Gasteiger partial charge in [-0.3, -0.25) is 0 Å². The van der Waals surface area contributed by atoms with Crippen LogP contribution in [-0.4, -0.2) is 0 Å². The summed E-state index contributed by atoms with van der Waals surface area (Å²) in [5, 5.41) is 4.97. The molecule has 0 N–H and O–H groups in total. The molecule has 1 nitrogen and oxygen atoms in total. The average Bonchev–Trinajstić information content (AvgIpc) is 3.52. The predicted molar refractivity (Wildman–Crippen MR) is 224 cm³/mol. The zero-order chi connectivity index (χ0) is 35.4. The molecule has 0 saturated carbocycles. The van der Waals surface area contributed by atoms with Crippen LogP contribution in [0.25, 0.3) is 43.8 Å². The van der Waals surface area contributed by atoms with E-state index in [1.165, 1.54) is 71.6 Å². The van der Waals surface area contributed by atoms with Crippen molar-refractivity contribution in [1.82, 2.24) is 0 Å². The van der Waals surface area contributed by atoms with Gasteiger partial charge in [-0.05, 0) is 115 Å². The van der Waals surface area contributed by atoms with E-state index in [0.29, 0.717) is 0 Å². The van der Waals surface area contributed by atoms with Gasteiger partial charge in [-0.2, -0.15) is 0 Å². The standard InChI is InChI=1S/C52H37N/c1-36-23-28-43(29-24-36)53(44-30-27-38-33-40(26-25-39(38)34-44)47-21-12-14-37-13-8-9-19-46(37)47)45-31-32-51-49(35-45)48-20-10-11-22-50(48)52(51,41-15-4-2-5-16-41)42-17-6-3-7-18-42/h2-35H,1H3. The van der Waals surface area contributed by atoms with Crippen molar-refractivity contribution < 1.29 is 0 Å². The first-order valence-corrected chi connectivity index (χ1v) is 18.4. The van der Waals surface area contributed by atoms with Gasteiger partial charge in [0.15, 0.2) is 0 Å². The molecule has 0 aromatic heterocycles. The highest BCUT2D eigenvalue weighted by molar-refractivity contribution is 6.00. The van der Waals surface area contributed by atoms with Gasteiger partial charge in [0, 0.05) is 17.1 Å². The number of fused-ring (bicyclic) bond motifs is 5. The second-order valence-electron chi connectivity index (χ2n) is 14.2. The fraction of sp³-hybridized carbons (Fsp3) is 0.0385. The topological polar surface area (TPSA) is 3.24 Å². The molecule has 0 saturated heterocycles. The van der Waals surface area contributed by atoms with Crippen LogP contribution in [0.3, 0.4) is 0 Å². The predicted octanol–water partition coefficient (Wildman–Crippen LogP) is 13.8. The third-order valence-electron chi connectivity index (χ3n) is 11.2. The van der Waals surface area contributed by atoms with Gasteiger partial charge in [-0.1, -0.05) is 169 Å². The van der Waals surface area contributed by atoms with Crippen LogP contribution in [-0.2, 0) is 5.41 Å². The minimum atomic E-state index is -0.424. The van der Waals surface area contributed by atoms with Crippen LogP contribution >= 0.6 is 0 Å². The number of benzene rings is 9. The highest BCUT2D eigenvalue weighted by Gasteiger charge is 2.46. The van der Waals surface area contributed by atoms with E-state index >= 15 is 0 Å². The molecule has 0 aliphatic heterocycles. The van der Waals surface area contributed by atoms with Gasteiger partial charge in [0.05, 0.1) is 5.41 Å². The van der Waals surface area contributed by atoms with E-state index in [2.05, 4.69) is 218 Å². The van der Waals surface area contributed by atoms with Crippen molar-refractivity contribution in [3.63, 3.8) is 0 Å². The molecule has 9 aromatic rings. The van der Waals surface area contributed by atoms with Gasteiger partial charge in [-0.25, -0.2) is 0 Å². The number of nitrogens with zero attached hydrogens (tertiary/aromatic N) is 1. The summed E-state index contributed by atoms with van der Waals surface area (Å²) in [7, 11) is 0. The van der Waals surface area contributed by atoms with Crippen molar-refractivity contribution in [2.45, 2.75) is 12.3 Å². The van der Waals surface area contributed by atoms with E-state index in [1.54, 1.807) is 0 Å². The first-order chi connectivity index (χ1) is 26.2. The summed E-state index contributed by atoms with van der Waals surface area (Å²) in [5.41, 5.74) is 14.4. The lowest BCUT2D eigenvalue weighted by Crippen LogP contribution is -2.28. The van der Waals surface area contributed by atoms with Crippen molar-refractivity contribution >= 4 is 38.6 Å². The van der Waals surface area contributed by atoms with Crippen LogP contribution in [0, 0.1) is 6.92 Å². The van der Waals surface area contributed by atoms with Gasteiger partial charge in [0.25, 0.3) is 0 Å². The Morgan fingerprint density at radius 2 is 0.925 bits per heavy atom. The van der Waals surface area contributed by atoms with Gasteiger partial charge in [-0.15, -0.1) is 0 Å². The molecular formula is C52H37N. The highest BCUT2D eigenvalue weighted by Crippen LogP contribution is 2.57. The molecular weight excluding hydrogens is 639 g/mol. The van der Waals surface area contributed by atoms with Crippen LogP contribution in [0.5, 0.6) is 0 Å². The molecule has 1 aliphatic carbocycles. The summed E-state index contributed by atoms with van der Waals surface area (Å²) >= 11 is 0. The zero-order valence-electron chi connectivity index (χ0n) is 29.6. The molecule has 53 heavy (non-hydrogen) atoms. The quantitative estimate of drug-likeness (QED) is 0.170. The van der Waals surface area contributed by atoms with Gasteiger partial charge in [0.2, 0.25) is 0 Å². The lowest BCUT2D eigenvalue weighted by molar-refractivity contribution is 0.768. The molecule has 0 bridgehead atoms. The van der Waals surface area contributed by atoms with E-state index in [9.17, 15) is 0 Å². The van der Waals surface area contributed by atoms with Crippen LogP contribution < -0.4 is 4.90 Å². The first-order valence-electron chi connectivity index (χ1n) is 18.4. The van der Waals surface area contributed by atoms with Crippen LogP contribution in [0.1, 0.15) is 27.8 Å². The zero-order valence-corrected chi connectivity index (χ0v) is 29.6. The van der Waals surface area contributed by atoms with E-state index in [1.807, 2.05) is 0 Å². The number of anilines is 3. The molecule has 10 rings (SSSR count). The second-order valence-corrected chi connectivity index (χ2v) is 14.2. The molecule has 0 radical (unpaired) electrons. The molecule has 0 fully saturated rings. The fourth-order valence-electron chi connectivity index (χ4n) is 8.73. The maximum atomic E-state index is 2.41. The smallest absolute Gasteiger partial charge is 0.0713 e. The van der Waals surface area contributed by atoms with Crippen molar-refractivity contribution in [3.8, 4) is 22.3 Å². The largest absolute Gasteiger partial charge is 0.310 e. The Morgan fingerprint density at radius 1 is 0.358 bits per heavy atom. The summed E-state index contributed by atoms with van der Waals surface area (Å²) in [6, 6.07) is 76.0. The van der Waals surface area contributed by atoms with Crippen molar-refractivity contribution in [2.24, 2.45) is 0 Å². The molecule has 250 valence electrons. The highest BCUT2D eigenvalue weighted by atomic mass is 15.1. The van der Waals surface area contributed by atoms with E-state index in [4.69, 9.17) is 0 Å². The first kappa shape index (κ1) is 31.1. The van der Waals surface area contributed by atoms with Crippen molar-refractivity contribution in [2.75, 3.05) is 4.90 Å². The lowest BCUT2D eigenvalue weighted by atomic mass is 9.68. The molecule has 0 atom stereocenters. The third-order valence-corrected chi connectivity index (χ3v) is 11.2. The Hall–Kier alpha value is -6.70. The van der Waals surface area contributed by atoms with Gasteiger partial charge in [0.1, 0.15) is 0 Å². The van der Waals surface area contributed by atoms with Gasteiger partial charge >= 0.3 is 0 Å². The summed E-state index contributed by atoms with van der Waals surface area (Å²) in [6.07, 6.45) is 0. The second kappa shape index (κ2) is 12.5. The van der Waals surface area contributed by atoms with Crippen LogP contribution in [0.4, 0.5) is 17.1 Å². The van der Waals surface area contributed by atoms with E-state index in [0.717, 1.165) is 17.1 Å².